The summed E-state index contributed by atoms with van der Waals surface area (Å²) in [5.41, 5.74) is 1.31. The Hall–Kier alpha value is -2.63. The van der Waals surface area contributed by atoms with Crippen LogP contribution in [0.3, 0.4) is 0 Å². The molecule has 3 nitrogen and oxygen atoms in total. The summed E-state index contributed by atoms with van der Waals surface area (Å²) in [6.45, 7) is 3.10. The summed E-state index contributed by atoms with van der Waals surface area (Å²) in [6.07, 6.45) is -1.80. The van der Waals surface area contributed by atoms with Gasteiger partial charge in [0.25, 0.3) is 0 Å². The maximum Gasteiger partial charge on any atom is 0.460 e. The minimum Gasteiger partial charge on any atom is -0.265 e. The fourth-order valence-corrected chi connectivity index (χ4v) is 7.50. The summed E-state index contributed by atoms with van der Waals surface area (Å²) in [6, 6.07) is 30.5. The molecule has 0 N–H and O–H groups in total. The molecule has 3 rings (SSSR count). The van der Waals surface area contributed by atoms with Gasteiger partial charge in [0.05, 0.1) is 6.61 Å². The zero-order chi connectivity index (χ0) is 35.4. The predicted molar refractivity (Wildman–Crippen MR) is 168 cm³/mol. The minimum absolute atomic E-state index is 0.176. The zero-order valence-electron chi connectivity index (χ0n) is 25.9. The summed E-state index contributed by atoms with van der Waals surface area (Å²) < 4.78 is 140. The van der Waals surface area contributed by atoms with E-state index in [1.807, 2.05) is 6.92 Å². The highest BCUT2D eigenvalue weighted by atomic mass is 32.2. The molecule has 0 aliphatic heterocycles. The summed E-state index contributed by atoms with van der Waals surface area (Å²) >= 11 is 0. The van der Waals surface area contributed by atoms with E-state index in [-0.39, 0.29) is 12.8 Å². The maximum absolute atomic E-state index is 13.3. The quantitative estimate of drug-likeness (QED) is 0.0642. The zero-order valence-corrected chi connectivity index (χ0v) is 27.6. The third-order valence-corrected chi connectivity index (χ3v) is 10.8. The van der Waals surface area contributed by atoms with Gasteiger partial charge in [-0.25, -0.2) is 0 Å². The fourth-order valence-electron chi connectivity index (χ4n) is 4.29. The third-order valence-electron chi connectivity index (χ3n) is 6.99. The van der Waals surface area contributed by atoms with Gasteiger partial charge in [0.2, 0.25) is 0 Å². The van der Waals surface area contributed by atoms with Gasteiger partial charge in [0.1, 0.15) is 0 Å². The Morgan fingerprint density at radius 3 is 1.40 bits per heavy atom. The first-order chi connectivity index (χ1) is 21.9. The molecule has 262 valence electrons. The van der Waals surface area contributed by atoms with Crippen LogP contribution in [0.25, 0.3) is 0 Å². The van der Waals surface area contributed by atoms with E-state index in [9.17, 15) is 47.9 Å². The van der Waals surface area contributed by atoms with Gasteiger partial charge < -0.3 is 0 Å². The van der Waals surface area contributed by atoms with Crippen molar-refractivity contribution in [3.8, 4) is 0 Å². The Kier molecular flexibility index (Phi) is 15.2. The number of unbranched alkanes of at least 4 members (excludes halogenated alkanes) is 7. The number of halogens is 9. The number of alkyl halides is 9. The van der Waals surface area contributed by atoms with Crippen molar-refractivity contribution in [2.24, 2.45) is 0 Å². The highest BCUT2D eigenvalue weighted by Crippen LogP contribution is 2.55. The van der Waals surface area contributed by atoms with Crippen LogP contribution >= 0.6 is 7.92 Å². The van der Waals surface area contributed by atoms with Crippen LogP contribution in [0.5, 0.6) is 0 Å². The molecule has 0 aliphatic rings. The molecule has 3 aromatic rings. The van der Waals surface area contributed by atoms with Crippen LogP contribution in [0, 0.1) is 6.92 Å². The monoisotopic (exact) mass is 716 g/mol. The topological polar surface area (TPSA) is 43.4 Å². The largest absolute Gasteiger partial charge is 0.460 e. The predicted octanol–water partition coefficient (Wildman–Crippen LogP) is 9.65. The Morgan fingerprint density at radius 2 is 0.979 bits per heavy atom. The minimum atomic E-state index is -7.28. The Morgan fingerprint density at radius 1 is 0.574 bits per heavy atom. The summed E-state index contributed by atoms with van der Waals surface area (Å²) in [5.74, 6) is -14.5. The third kappa shape index (κ3) is 10.7. The Labute approximate surface area is 271 Å². The molecule has 0 spiro atoms. The van der Waals surface area contributed by atoms with Gasteiger partial charge in [0, 0.05) is 0 Å². The number of aryl methyl sites for hydroxylation is 1. The van der Waals surface area contributed by atoms with Gasteiger partial charge in [-0.2, -0.15) is 47.9 Å². The van der Waals surface area contributed by atoms with Gasteiger partial charge in [0.15, 0.2) is 0 Å². The molecule has 0 saturated carbocycles. The van der Waals surface area contributed by atoms with Crippen LogP contribution in [0.4, 0.5) is 39.5 Å². The lowest BCUT2D eigenvalue weighted by atomic mass is 10.1. The van der Waals surface area contributed by atoms with Crippen molar-refractivity contribution in [2.75, 3.05) is 6.61 Å². The standard InChI is InChI=1S/C19H17P.C14H21F9O3S/c1-16-12-14-19(15-13-16)20(17-8-4-2-5-9-17)18-10-6-3-7-11-18;1-2-3-4-5-6-7-8-9-10-26-27(24,25)14(22,23)12(17,18)11(15,16)13(19,20)21/h2-15H,1H3;2-10H2,1H3. The molecule has 0 radical (unpaired) electrons. The Bertz CT molecular complexity index is 1400. The summed E-state index contributed by atoms with van der Waals surface area (Å²) in [4.78, 5) is 0. The molecule has 0 aliphatic carbocycles. The second-order valence-electron chi connectivity index (χ2n) is 10.8. The van der Waals surface area contributed by atoms with Gasteiger partial charge in [-0.15, -0.1) is 0 Å². The normalized spacial score (nSPS) is 12.9. The van der Waals surface area contributed by atoms with Crippen molar-refractivity contribution >= 4 is 34.0 Å². The van der Waals surface area contributed by atoms with Crippen molar-refractivity contribution in [3.05, 3.63) is 90.5 Å². The second-order valence-corrected chi connectivity index (χ2v) is 14.6. The van der Waals surface area contributed by atoms with Gasteiger partial charge >= 0.3 is 33.4 Å². The average Bonchev–Trinajstić information content (AvgIpc) is 3.02. The van der Waals surface area contributed by atoms with E-state index in [0.717, 1.165) is 32.1 Å². The fraction of sp³-hybridized carbons (Fsp3) is 0.455. The van der Waals surface area contributed by atoms with Crippen molar-refractivity contribution in [1.82, 2.24) is 0 Å². The molecule has 3 aromatic carbocycles. The maximum atomic E-state index is 13.3. The van der Waals surface area contributed by atoms with Crippen LogP contribution in [-0.2, 0) is 14.3 Å². The molecule has 14 heteroatoms. The van der Waals surface area contributed by atoms with Crippen LogP contribution < -0.4 is 15.9 Å². The summed E-state index contributed by atoms with van der Waals surface area (Å²) in [7, 11) is -7.19. The van der Waals surface area contributed by atoms with Crippen molar-refractivity contribution in [2.45, 2.75) is 88.5 Å². The van der Waals surface area contributed by atoms with Crippen molar-refractivity contribution in [1.29, 1.82) is 0 Å². The first-order valence-electron chi connectivity index (χ1n) is 15.0. The van der Waals surface area contributed by atoms with Crippen LogP contribution in [0.1, 0.15) is 63.9 Å². The van der Waals surface area contributed by atoms with E-state index < -0.39 is 47.9 Å². The molecule has 0 heterocycles. The van der Waals surface area contributed by atoms with Crippen LogP contribution in [-0.4, -0.2) is 38.3 Å². The molecule has 0 atom stereocenters. The molecular weight excluding hydrogens is 678 g/mol. The number of rotatable bonds is 16. The molecule has 0 bridgehead atoms. The van der Waals surface area contributed by atoms with Crippen LogP contribution in [0.15, 0.2) is 84.9 Å². The van der Waals surface area contributed by atoms with Crippen molar-refractivity contribution < 1.29 is 52.1 Å². The smallest absolute Gasteiger partial charge is 0.265 e. The van der Waals surface area contributed by atoms with E-state index in [1.54, 1.807) is 0 Å². The summed E-state index contributed by atoms with van der Waals surface area (Å²) in [5, 5.41) is -2.57. The lowest BCUT2D eigenvalue weighted by molar-refractivity contribution is -0.382. The van der Waals surface area contributed by atoms with Crippen molar-refractivity contribution in [3.63, 3.8) is 0 Å². The van der Waals surface area contributed by atoms with E-state index in [1.165, 1.54) is 21.5 Å². The molecule has 47 heavy (non-hydrogen) atoms. The number of hydrogen-bond acceptors (Lipinski definition) is 3. The van der Waals surface area contributed by atoms with Gasteiger partial charge in [-0.1, -0.05) is 142 Å². The molecule has 0 saturated heterocycles. The SMILES string of the molecule is CCCCCCCCCCOS(=O)(=O)C(F)(F)C(F)(F)C(F)(F)C(F)(F)F.Cc1ccc(P(c2ccccc2)c2ccccc2)cc1. The molecule has 0 aromatic heterocycles. The molecule has 0 fully saturated rings. The average molecular weight is 717 g/mol. The van der Waals surface area contributed by atoms with Gasteiger partial charge in [-0.05, 0) is 37.2 Å². The lowest BCUT2D eigenvalue weighted by Gasteiger charge is -2.32. The number of hydrogen-bond donors (Lipinski definition) is 0. The first kappa shape index (κ1) is 40.5. The second kappa shape index (κ2) is 17.7. The van der Waals surface area contributed by atoms with E-state index in [4.69, 9.17) is 0 Å². The Balaban J connectivity index is 0.000000338. The highest BCUT2D eigenvalue weighted by Gasteiger charge is 2.85. The molecular formula is C33H38F9O3PS. The lowest BCUT2D eigenvalue weighted by Crippen LogP contribution is -2.63. The molecule has 0 amide bonds. The molecule has 0 unspecified atom stereocenters. The first-order valence-corrected chi connectivity index (χ1v) is 17.7. The number of benzene rings is 3. The van der Waals surface area contributed by atoms with E-state index in [2.05, 4.69) is 96.0 Å². The van der Waals surface area contributed by atoms with E-state index in [0.29, 0.717) is 6.42 Å². The van der Waals surface area contributed by atoms with Crippen LogP contribution in [0.2, 0.25) is 0 Å². The highest BCUT2D eigenvalue weighted by molar-refractivity contribution is 7.87. The van der Waals surface area contributed by atoms with E-state index >= 15 is 0 Å². The van der Waals surface area contributed by atoms with Gasteiger partial charge in [-0.3, -0.25) is 4.18 Å².